The molecular formula is C25H31N3O3. The number of hydrogen-bond donors (Lipinski definition) is 1. The molecule has 6 heteroatoms. The van der Waals surface area contributed by atoms with Crippen molar-refractivity contribution < 1.29 is 14.4 Å². The molecule has 1 aliphatic heterocycles. The topological polar surface area (TPSA) is 69.7 Å². The zero-order chi connectivity index (χ0) is 22.5. The van der Waals surface area contributed by atoms with Gasteiger partial charge in [-0.3, -0.25) is 14.4 Å². The van der Waals surface area contributed by atoms with Crippen LogP contribution in [0.4, 0.5) is 5.69 Å². The van der Waals surface area contributed by atoms with Gasteiger partial charge in [-0.25, -0.2) is 0 Å². The van der Waals surface area contributed by atoms with Gasteiger partial charge in [0.1, 0.15) is 0 Å². The molecular weight excluding hydrogens is 390 g/mol. The largest absolute Gasteiger partial charge is 0.355 e. The van der Waals surface area contributed by atoms with Crippen LogP contribution >= 0.6 is 0 Å². The van der Waals surface area contributed by atoms with Crippen molar-refractivity contribution in [3.05, 3.63) is 65.2 Å². The van der Waals surface area contributed by atoms with Crippen molar-refractivity contribution in [2.45, 2.75) is 39.2 Å². The van der Waals surface area contributed by atoms with E-state index < -0.39 is 0 Å². The molecule has 2 aromatic carbocycles. The highest BCUT2D eigenvalue weighted by molar-refractivity contribution is 6.01. The highest BCUT2D eigenvalue weighted by Gasteiger charge is 2.37. The van der Waals surface area contributed by atoms with Crippen LogP contribution < -0.4 is 10.2 Å². The fourth-order valence-corrected chi connectivity index (χ4v) is 4.05. The van der Waals surface area contributed by atoms with E-state index in [2.05, 4.69) is 25.2 Å². The molecule has 1 saturated heterocycles. The first-order valence-electron chi connectivity index (χ1n) is 10.8. The number of amides is 3. The number of para-hydroxylation sites is 1. The summed E-state index contributed by atoms with van der Waals surface area (Å²) in [6.45, 7) is 5.13. The number of nitrogens with one attached hydrogen (secondary N) is 1. The Morgan fingerprint density at radius 3 is 2.48 bits per heavy atom. The minimum absolute atomic E-state index is 0.00238. The van der Waals surface area contributed by atoms with E-state index in [9.17, 15) is 14.4 Å². The van der Waals surface area contributed by atoms with Gasteiger partial charge >= 0.3 is 0 Å². The van der Waals surface area contributed by atoms with Gasteiger partial charge < -0.3 is 15.1 Å². The van der Waals surface area contributed by atoms with E-state index >= 15 is 0 Å². The van der Waals surface area contributed by atoms with Crippen molar-refractivity contribution in [1.82, 2.24) is 10.2 Å². The first-order chi connectivity index (χ1) is 14.8. The van der Waals surface area contributed by atoms with Gasteiger partial charge in [-0.05, 0) is 41.7 Å². The molecule has 2 atom stereocenters. The van der Waals surface area contributed by atoms with E-state index in [4.69, 9.17) is 0 Å². The second-order valence-electron chi connectivity index (χ2n) is 8.24. The smallest absolute Gasteiger partial charge is 0.251 e. The molecule has 2 aromatic rings. The number of benzene rings is 2. The molecule has 164 valence electrons. The predicted molar refractivity (Wildman–Crippen MR) is 122 cm³/mol. The van der Waals surface area contributed by atoms with E-state index in [1.165, 1.54) is 0 Å². The number of anilines is 1. The van der Waals surface area contributed by atoms with Gasteiger partial charge in [-0.2, -0.15) is 0 Å². The molecule has 0 aliphatic carbocycles. The summed E-state index contributed by atoms with van der Waals surface area (Å²) < 4.78 is 0. The Hall–Kier alpha value is -3.15. The Balaban J connectivity index is 1.68. The second kappa shape index (κ2) is 9.77. The number of hydrogen-bond acceptors (Lipinski definition) is 3. The molecule has 1 fully saturated rings. The SMILES string of the molecule is CC[C@H](C)c1ccccc1N1C[C@H](C(=O)N(C)Cc2ccc(C(=O)NC)cc2)CC1=O. The zero-order valence-corrected chi connectivity index (χ0v) is 18.7. The van der Waals surface area contributed by atoms with E-state index in [0.29, 0.717) is 24.6 Å². The lowest BCUT2D eigenvalue weighted by Gasteiger charge is -2.24. The Bertz CT molecular complexity index is 955. The van der Waals surface area contributed by atoms with Crippen molar-refractivity contribution in [3.63, 3.8) is 0 Å². The average molecular weight is 422 g/mol. The van der Waals surface area contributed by atoms with Gasteiger partial charge in [0, 0.05) is 44.9 Å². The Labute approximate surface area is 184 Å². The van der Waals surface area contributed by atoms with Crippen molar-refractivity contribution in [2.75, 3.05) is 25.5 Å². The lowest BCUT2D eigenvalue weighted by molar-refractivity contribution is -0.135. The van der Waals surface area contributed by atoms with Crippen LogP contribution in [0.3, 0.4) is 0 Å². The lowest BCUT2D eigenvalue weighted by Crippen LogP contribution is -2.34. The molecule has 3 amide bonds. The second-order valence-corrected chi connectivity index (χ2v) is 8.24. The highest BCUT2D eigenvalue weighted by Crippen LogP contribution is 2.34. The first-order valence-corrected chi connectivity index (χ1v) is 10.8. The molecule has 0 radical (unpaired) electrons. The third kappa shape index (κ3) is 4.95. The summed E-state index contributed by atoms with van der Waals surface area (Å²) in [6, 6.07) is 15.2. The van der Waals surface area contributed by atoms with E-state index in [-0.39, 0.29) is 30.1 Å². The summed E-state index contributed by atoms with van der Waals surface area (Å²) in [4.78, 5) is 41.0. The maximum Gasteiger partial charge on any atom is 0.251 e. The number of carbonyl (C=O) groups is 3. The number of rotatable bonds is 7. The standard InChI is InChI=1S/C25H31N3O3/c1-5-17(2)21-8-6-7-9-22(21)28-16-20(14-23(28)29)25(31)27(4)15-18-10-12-19(13-11-18)24(30)26-3/h6-13,17,20H,5,14-16H2,1-4H3,(H,26,30)/t17-,20+/m0/s1. The summed E-state index contributed by atoms with van der Waals surface area (Å²) in [5.74, 6) is -0.185. The van der Waals surface area contributed by atoms with Crippen molar-refractivity contribution in [3.8, 4) is 0 Å². The molecule has 31 heavy (non-hydrogen) atoms. The molecule has 1 N–H and O–H groups in total. The Morgan fingerprint density at radius 2 is 1.84 bits per heavy atom. The van der Waals surface area contributed by atoms with Crippen LogP contribution in [0.15, 0.2) is 48.5 Å². The van der Waals surface area contributed by atoms with Gasteiger partial charge in [0.2, 0.25) is 11.8 Å². The van der Waals surface area contributed by atoms with Gasteiger partial charge in [0.25, 0.3) is 5.91 Å². The molecule has 6 nitrogen and oxygen atoms in total. The Morgan fingerprint density at radius 1 is 1.16 bits per heavy atom. The third-order valence-corrected chi connectivity index (χ3v) is 6.08. The maximum absolute atomic E-state index is 13.1. The fraction of sp³-hybridized carbons (Fsp3) is 0.400. The van der Waals surface area contributed by atoms with Crippen LogP contribution in [0.5, 0.6) is 0 Å². The molecule has 0 saturated carbocycles. The van der Waals surface area contributed by atoms with E-state index in [0.717, 1.165) is 23.2 Å². The van der Waals surface area contributed by atoms with Crippen molar-refractivity contribution in [2.24, 2.45) is 5.92 Å². The predicted octanol–water partition coefficient (Wildman–Crippen LogP) is 3.57. The van der Waals surface area contributed by atoms with Crippen LogP contribution in [0.2, 0.25) is 0 Å². The molecule has 1 heterocycles. The average Bonchev–Trinajstić information content (AvgIpc) is 3.19. The summed E-state index contributed by atoms with van der Waals surface area (Å²) in [7, 11) is 3.35. The Kier molecular flexibility index (Phi) is 7.10. The van der Waals surface area contributed by atoms with Crippen LogP contribution in [0, 0.1) is 5.92 Å². The van der Waals surface area contributed by atoms with Gasteiger partial charge in [0.15, 0.2) is 0 Å². The van der Waals surface area contributed by atoms with Gasteiger partial charge in [0.05, 0.1) is 5.92 Å². The number of nitrogens with zero attached hydrogens (tertiary/aromatic N) is 2. The molecule has 0 aromatic heterocycles. The minimum Gasteiger partial charge on any atom is -0.355 e. The highest BCUT2D eigenvalue weighted by atomic mass is 16.2. The monoisotopic (exact) mass is 421 g/mol. The fourth-order valence-electron chi connectivity index (χ4n) is 4.05. The van der Waals surface area contributed by atoms with Gasteiger partial charge in [-0.15, -0.1) is 0 Å². The van der Waals surface area contributed by atoms with Crippen LogP contribution in [-0.4, -0.2) is 43.3 Å². The minimum atomic E-state index is -0.354. The third-order valence-electron chi connectivity index (χ3n) is 6.08. The normalized spacial score (nSPS) is 16.8. The molecule has 0 bridgehead atoms. The molecule has 3 rings (SSSR count). The van der Waals surface area contributed by atoms with Crippen LogP contribution in [-0.2, 0) is 16.1 Å². The summed E-state index contributed by atoms with van der Waals surface area (Å²) in [5, 5.41) is 2.59. The van der Waals surface area contributed by atoms with Gasteiger partial charge in [-0.1, -0.05) is 44.2 Å². The summed E-state index contributed by atoms with van der Waals surface area (Å²) in [5.41, 5.74) is 3.59. The zero-order valence-electron chi connectivity index (χ0n) is 18.7. The molecule has 0 spiro atoms. The number of carbonyl (C=O) groups excluding carboxylic acids is 3. The van der Waals surface area contributed by atoms with Crippen molar-refractivity contribution >= 4 is 23.4 Å². The van der Waals surface area contributed by atoms with Crippen molar-refractivity contribution in [1.29, 1.82) is 0 Å². The van der Waals surface area contributed by atoms with Crippen LogP contribution in [0.25, 0.3) is 0 Å². The molecule has 1 aliphatic rings. The summed E-state index contributed by atoms with van der Waals surface area (Å²) >= 11 is 0. The van der Waals surface area contributed by atoms with Crippen LogP contribution in [0.1, 0.15) is 54.1 Å². The lowest BCUT2D eigenvalue weighted by atomic mass is 9.96. The summed E-state index contributed by atoms with van der Waals surface area (Å²) in [6.07, 6.45) is 1.22. The first kappa shape index (κ1) is 22.5. The quantitative estimate of drug-likeness (QED) is 0.743. The maximum atomic E-state index is 13.1. The van der Waals surface area contributed by atoms with E-state index in [1.807, 2.05) is 30.3 Å². The van der Waals surface area contributed by atoms with E-state index in [1.54, 1.807) is 36.0 Å². The molecule has 0 unspecified atom stereocenters.